The van der Waals surface area contributed by atoms with E-state index in [0.29, 0.717) is 25.1 Å². The molecule has 0 bridgehead atoms. The van der Waals surface area contributed by atoms with Gasteiger partial charge in [-0.3, -0.25) is 4.79 Å². The van der Waals surface area contributed by atoms with E-state index in [1.807, 2.05) is 12.3 Å². The van der Waals surface area contributed by atoms with Crippen LogP contribution in [-0.4, -0.2) is 24.5 Å². The highest BCUT2D eigenvalue weighted by Crippen LogP contribution is 2.24. The monoisotopic (exact) mass is 268 g/mol. The number of rotatable bonds is 4. The van der Waals surface area contributed by atoms with Crippen LogP contribution in [0.25, 0.3) is 0 Å². The fourth-order valence-electron chi connectivity index (χ4n) is 2.04. The standard InChI is InChI=1S/C13H17FN2OS/c1-18-7-5-12(17)16-11-3-2-9-8-15-6-4-10(9)13(11)14/h2-3,15H,4-8H2,1H3,(H,16,17). The highest BCUT2D eigenvalue weighted by atomic mass is 32.2. The molecule has 0 atom stereocenters. The molecule has 3 nitrogen and oxygen atoms in total. The van der Waals surface area contributed by atoms with Crippen LogP contribution in [0.3, 0.4) is 0 Å². The highest BCUT2D eigenvalue weighted by Gasteiger charge is 2.17. The second kappa shape index (κ2) is 6.20. The fraction of sp³-hybridized carbons (Fsp3) is 0.462. The predicted molar refractivity (Wildman–Crippen MR) is 73.4 cm³/mol. The number of hydrogen-bond acceptors (Lipinski definition) is 3. The van der Waals surface area contributed by atoms with Gasteiger partial charge in [-0.2, -0.15) is 11.8 Å². The maximum Gasteiger partial charge on any atom is 0.225 e. The van der Waals surface area contributed by atoms with Gasteiger partial charge in [0.1, 0.15) is 5.82 Å². The minimum absolute atomic E-state index is 0.128. The second-order valence-corrected chi connectivity index (χ2v) is 5.27. The third-order valence-electron chi connectivity index (χ3n) is 3.01. The van der Waals surface area contributed by atoms with Gasteiger partial charge in [0.2, 0.25) is 5.91 Å². The van der Waals surface area contributed by atoms with E-state index in [1.165, 1.54) is 0 Å². The molecule has 18 heavy (non-hydrogen) atoms. The largest absolute Gasteiger partial charge is 0.324 e. The van der Waals surface area contributed by atoms with E-state index in [-0.39, 0.29) is 11.7 Å². The summed E-state index contributed by atoms with van der Waals surface area (Å²) >= 11 is 1.60. The molecule has 0 radical (unpaired) electrons. The smallest absolute Gasteiger partial charge is 0.225 e. The van der Waals surface area contributed by atoms with E-state index in [2.05, 4.69) is 10.6 Å². The summed E-state index contributed by atoms with van der Waals surface area (Å²) in [4.78, 5) is 11.6. The number of nitrogens with one attached hydrogen (secondary N) is 2. The molecule has 0 fully saturated rings. The lowest BCUT2D eigenvalue weighted by molar-refractivity contribution is -0.115. The Morgan fingerprint density at radius 3 is 3.17 bits per heavy atom. The summed E-state index contributed by atoms with van der Waals surface area (Å²) in [5.41, 5.74) is 2.03. The van der Waals surface area contributed by atoms with Crippen molar-refractivity contribution >= 4 is 23.4 Å². The molecule has 1 aliphatic heterocycles. The van der Waals surface area contributed by atoms with E-state index >= 15 is 0 Å². The van der Waals surface area contributed by atoms with Crippen LogP contribution >= 0.6 is 11.8 Å². The van der Waals surface area contributed by atoms with Gasteiger partial charge in [0.15, 0.2) is 0 Å². The Morgan fingerprint density at radius 1 is 1.56 bits per heavy atom. The zero-order valence-corrected chi connectivity index (χ0v) is 11.2. The topological polar surface area (TPSA) is 41.1 Å². The molecular formula is C13H17FN2OS. The van der Waals surface area contributed by atoms with Crippen molar-refractivity contribution in [3.05, 3.63) is 29.1 Å². The maximum absolute atomic E-state index is 14.2. The van der Waals surface area contributed by atoms with Crippen molar-refractivity contribution in [1.82, 2.24) is 5.32 Å². The highest BCUT2D eigenvalue weighted by molar-refractivity contribution is 7.98. The summed E-state index contributed by atoms with van der Waals surface area (Å²) in [7, 11) is 0. The van der Waals surface area contributed by atoms with Gasteiger partial charge < -0.3 is 10.6 Å². The van der Waals surface area contributed by atoms with Gasteiger partial charge in [0.25, 0.3) is 0 Å². The molecule has 98 valence electrons. The van der Waals surface area contributed by atoms with Gasteiger partial charge in [-0.05, 0) is 36.4 Å². The molecule has 0 saturated carbocycles. The van der Waals surface area contributed by atoms with E-state index in [0.717, 1.165) is 23.4 Å². The lowest BCUT2D eigenvalue weighted by Crippen LogP contribution is -2.25. The molecule has 0 spiro atoms. The number of anilines is 1. The SMILES string of the molecule is CSCCC(=O)Nc1ccc2c(c1F)CCNC2. The van der Waals surface area contributed by atoms with Gasteiger partial charge in [-0.15, -0.1) is 0 Å². The summed E-state index contributed by atoms with van der Waals surface area (Å²) in [6.45, 7) is 1.49. The number of thioether (sulfide) groups is 1. The molecule has 0 aromatic heterocycles. The molecular weight excluding hydrogens is 251 g/mol. The Morgan fingerprint density at radius 2 is 2.39 bits per heavy atom. The Kier molecular flexibility index (Phi) is 4.60. The van der Waals surface area contributed by atoms with E-state index in [4.69, 9.17) is 0 Å². The number of hydrogen-bond donors (Lipinski definition) is 2. The Hall–Kier alpha value is -1.07. The first kappa shape index (κ1) is 13.4. The summed E-state index contributed by atoms with van der Waals surface area (Å²) in [6.07, 6.45) is 3.04. The van der Waals surface area contributed by atoms with Crippen molar-refractivity contribution in [2.45, 2.75) is 19.4 Å². The number of halogens is 1. The Bertz CT molecular complexity index is 451. The van der Waals surface area contributed by atoms with Gasteiger partial charge in [-0.25, -0.2) is 4.39 Å². The van der Waals surface area contributed by atoms with Gasteiger partial charge >= 0.3 is 0 Å². The normalized spacial score (nSPS) is 14.1. The molecule has 2 N–H and O–H groups in total. The van der Waals surface area contributed by atoms with Crippen molar-refractivity contribution in [3.63, 3.8) is 0 Å². The van der Waals surface area contributed by atoms with Crippen molar-refractivity contribution in [3.8, 4) is 0 Å². The molecule has 0 aliphatic carbocycles. The van der Waals surface area contributed by atoms with Crippen LogP contribution < -0.4 is 10.6 Å². The average molecular weight is 268 g/mol. The number of amides is 1. The van der Waals surface area contributed by atoms with Crippen LogP contribution in [0.4, 0.5) is 10.1 Å². The van der Waals surface area contributed by atoms with Crippen molar-refractivity contribution in [2.24, 2.45) is 0 Å². The maximum atomic E-state index is 14.2. The Balaban J connectivity index is 2.12. The van der Waals surface area contributed by atoms with Crippen LogP contribution in [0.1, 0.15) is 17.5 Å². The molecule has 1 aromatic rings. The second-order valence-electron chi connectivity index (χ2n) is 4.28. The van der Waals surface area contributed by atoms with Gasteiger partial charge in [0.05, 0.1) is 5.69 Å². The van der Waals surface area contributed by atoms with Crippen LogP contribution in [-0.2, 0) is 17.8 Å². The third-order valence-corrected chi connectivity index (χ3v) is 3.63. The first-order valence-corrected chi connectivity index (χ1v) is 7.41. The molecule has 0 saturated heterocycles. The first-order chi connectivity index (χ1) is 8.72. The number of benzene rings is 1. The molecule has 1 aromatic carbocycles. The summed E-state index contributed by atoms with van der Waals surface area (Å²) < 4.78 is 14.2. The van der Waals surface area contributed by atoms with E-state index in [9.17, 15) is 9.18 Å². The van der Waals surface area contributed by atoms with Crippen molar-refractivity contribution in [2.75, 3.05) is 23.9 Å². The zero-order valence-electron chi connectivity index (χ0n) is 10.4. The molecule has 2 rings (SSSR count). The third kappa shape index (κ3) is 3.03. The molecule has 1 heterocycles. The lowest BCUT2D eigenvalue weighted by Gasteiger charge is -2.19. The van der Waals surface area contributed by atoms with Gasteiger partial charge in [-0.1, -0.05) is 6.07 Å². The summed E-state index contributed by atoms with van der Waals surface area (Å²) in [5.74, 6) is 0.353. The number of carbonyl (C=O) groups is 1. The Labute approximate surface area is 111 Å². The fourth-order valence-corrected chi connectivity index (χ4v) is 2.43. The average Bonchev–Trinajstić information content (AvgIpc) is 2.40. The van der Waals surface area contributed by atoms with Crippen LogP contribution in [0.15, 0.2) is 12.1 Å². The van der Waals surface area contributed by atoms with Gasteiger partial charge in [0, 0.05) is 18.7 Å². The van der Waals surface area contributed by atoms with Crippen LogP contribution in [0.2, 0.25) is 0 Å². The van der Waals surface area contributed by atoms with E-state index < -0.39 is 0 Å². The molecule has 1 amide bonds. The molecule has 5 heteroatoms. The quantitative estimate of drug-likeness (QED) is 0.879. The number of carbonyl (C=O) groups excluding carboxylic acids is 1. The predicted octanol–water partition coefficient (Wildman–Crippen LogP) is 2.16. The molecule has 0 unspecified atom stereocenters. The summed E-state index contributed by atoms with van der Waals surface area (Å²) in [5, 5.41) is 5.85. The number of fused-ring (bicyclic) bond motifs is 1. The summed E-state index contributed by atoms with van der Waals surface area (Å²) in [6, 6.07) is 3.53. The van der Waals surface area contributed by atoms with Crippen LogP contribution in [0, 0.1) is 5.82 Å². The minimum atomic E-state index is -0.272. The van der Waals surface area contributed by atoms with Crippen molar-refractivity contribution in [1.29, 1.82) is 0 Å². The van der Waals surface area contributed by atoms with Crippen LogP contribution in [0.5, 0.6) is 0 Å². The lowest BCUT2D eigenvalue weighted by atomic mass is 9.99. The van der Waals surface area contributed by atoms with E-state index in [1.54, 1.807) is 17.8 Å². The first-order valence-electron chi connectivity index (χ1n) is 6.02. The molecule has 1 aliphatic rings. The zero-order chi connectivity index (χ0) is 13.0. The minimum Gasteiger partial charge on any atom is -0.324 e. The van der Waals surface area contributed by atoms with Crippen molar-refractivity contribution < 1.29 is 9.18 Å².